The SMILES string of the molecule is CC(C)c1ccc2c(N)c(C(C)C)ccc2c1N. The Morgan fingerprint density at radius 2 is 1.00 bits per heavy atom. The van der Waals surface area contributed by atoms with E-state index in [1.165, 1.54) is 11.1 Å². The molecule has 18 heavy (non-hydrogen) atoms. The van der Waals surface area contributed by atoms with Crippen LogP contribution in [0.25, 0.3) is 10.8 Å². The molecule has 2 aromatic rings. The molecule has 0 heterocycles. The van der Waals surface area contributed by atoms with Crippen molar-refractivity contribution in [2.24, 2.45) is 0 Å². The Hall–Kier alpha value is -1.70. The summed E-state index contributed by atoms with van der Waals surface area (Å²) in [6.45, 7) is 8.62. The van der Waals surface area contributed by atoms with Crippen molar-refractivity contribution in [3.8, 4) is 0 Å². The number of hydrogen-bond acceptors (Lipinski definition) is 2. The van der Waals surface area contributed by atoms with E-state index in [4.69, 9.17) is 11.5 Å². The Morgan fingerprint density at radius 3 is 1.28 bits per heavy atom. The maximum Gasteiger partial charge on any atom is 0.0429 e. The molecule has 0 aromatic heterocycles. The van der Waals surface area contributed by atoms with Gasteiger partial charge in [-0.15, -0.1) is 0 Å². The summed E-state index contributed by atoms with van der Waals surface area (Å²) >= 11 is 0. The lowest BCUT2D eigenvalue weighted by Gasteiger charge is -2.16. The number of benzene rings is 2. The molecule has 4 N–H and O–H groups in total. The van der Waals surface area contributed by atoms with E-state index in [9.17, 15) is 0 Å². The van der Waals surface area contributed by atoms with Crippen LogP contribution in [0.3, 0.4) is 0 Å². The van der Waals surface area contributed by atoms with E-state index < -0.39 is 0 Å². The van der Waals surface area contributed by atoms with Gasteiger partial charge in [-0.3, -0.25) is 0 Å². The summed E-state index contributed by atoms with van der Waals surface area (Å²) in [7, 11) is 0. The van der Waals surface area contributed by atoms with Gasteiger partial charge in [0.1, 0.15) is 0 Å². The molecule has 0 saturated carbocycles. The van der Waals surface area contributed by atoms with Crippen molar-refractivity contribution in [1.29, 1.82) is 0 Å². The molecule has 96 valence electrons. The molecule has 0 atom stereocenters. The van der Waals surface area contributed by atoms with Crippen LogP contribution in [0, 0.1) is 0 Å². The van der Waals surface area contributed by atoms with Crippen LogP contribution in [0.4, 0.5) is 11.4 Å². The van der Waals surface area contributed by atoms with Crippen molar-refractivity contribution >= 4 is 22.1 Å². The van der Waals surface area contributed by atoms with Gasteiger partial charge in [-0.05, 0) is 23.0 Å². The fourth-order valence-electron chi connectivity index (χ4n) is 2.49. The van der Waals surface area contributed by atoms with Gasteiger partial charge in [0, 0.05) is 22.1 Å². The van der Waals surface area contributed by atoms with Crippen molar-refractivity contribution in [2.75, 3.05) is 11.5 Å². The first-order valence-electron chi connectivity index (χ1n) is 6.54. The second kappa shape index (κ2) is 4.52. The van der Waals surface area contributed by atoms with Crippen LogP contribution in [0.15, 0.2) is 24.3 Å². The molecule has 2 rings (SSSR count). The summed E-state index contributed by atoms with van der Waals surface area (Å²) in [5.41, 5.74) is 16.6. The molecule has 2 nitrogen and oxygen atoms in total. The highest BCUT2D eigenvalue weighted by Gasteiger charge is 2.12. The van der Waals surface area contributed by atoms with E-state index in [1.807, 2.05) is 0 Å². The first-order valence-corrected chi connectivity index (χ1v) is 6.54. The standard InChI is InChI=1S/C16H22N2/c1-9(2)11-5-7-14-13(15(11)17)8-6-12(10(3)4)16(14)18/h5-10H,17-18H2,1-4H3. The fraction of sp³-hybridized carbons (Fsp3) is 0.375. The van der Waals surface area contributed by atoms with E-state index in [2.05, 4.69) is 52.0 Å². The molecule has 0 saturated heterocycles. The third kappa shape index (κ3) is 1.92. The van der Waals surface area contributed by atoms with Gasteiger partial charge in [0.15, 0.2) is 0 Å². The third-order valence-corrected chi connectivity index (χ3v) is 3.60. The third-order valence-electron chi connectivity index (χ3n) is 3.60. The molecule has 2 aromatic carbocycles. The van der Waals surface area contributed by atoms with Crippen LogP contribution in [0.1, 0.15) is 50.7 Å². The smallest absolute Gasteiger partial charge is 0.0429 e. The molecular formula is C16H22N2. The Labute approximate surface area is 109 Å². The number of fused-ring (bicyclic) bond motifs is 1. The minimum atomic E-state index is 0.431. The van der Waals surface area contributed by atoms with Crippen LogP contribution in [-0.4, -0.2) is 0 Å². The Balaban J connectivity index is 2.75. The molecule has 0 bridgehead atoms. The minimum absolute atomic E-state index is 0.431. The highest BCUT2D eigenvalue weighted by Crippen LogP contribution is 2.35. The molecule has 0 amide bonds. The fourth-order valence-corrected chi connectivity index (χ4v) is 2.49. The van der Waals surface area contributed by atoms with Crippen LogP contribution in [-0.2, 0) is 0 Å². The normalized spacial score (nSPS) is 11.7. The highest BCUT2D eigenvalue weighted by molar-refractivity contribution is 6.02. The number of anilines is 2. The van der Waals surface area contributed by atoms with Gasteiger partial charge in [-0.2, -0.15) is 0 Å². The quantitative estimate of drug-likeness (QED) is 0.773. The van der Waals surface area contributed by atoms with Crippen LogP contribution in [0.2, 0.25) is 0 Å². The van der Waals surface area contributed by atoms with Crippen LogP contribution >= 0.6 is 0 Å². The number of rotatable bonds is 2. The zero-order valence-corrected chi connectivity index (χ0v) is 11.6. The molecule has 0 unspecified atom stereocenters. The molecule has 2 heteroatoms. The summed E-state index contributed by atoms with van der Waals surface area (Å²) in [6, 6.07) is 8.40. The van der Waals surface area contributed by atoms with Gasteiger partial charge in [0.25, 0.3) is 0 Å². The maximum atomic E-state index is 6.26. The van der Waals surface area contributed by atoms with Gasteiger partial charge >= 0.3 is 0 Å². The topological polar surface area (TPSA) is 52.0 Å². The average molecular weight is 242 g/mol. The lowest BCUT2D eigenvalue weighted by molar-refractivity contribution is 0.869. The number of hydrogen-bond donors (Lipinski definition) is 2. The summed E-state index contributed by atoms with van der Waals surface area (Å²) < 4.78 is 0. The molecule has 0 aliphatic heterocycles. The van der Waals surface area contributed by atoms with Crippen molar-refractivity contribution in [3.05, 3.63) is 35.4 Å². The summed E-state index contributed by atoms with van der Waals surface area (Å²) in [5, 5.41) is 2.14. The second-order valence-corrected chi connectivity index (χ2v) is 5.54. The molecule has 0 radical (unpaired) electrons. The lowest BCUT2D eigenvalue weighted by Crippen LogP contribution is -2.01. The van der Waals surface area contributed by atoms with Crippen molar-refractivity contribution in [1.82, 2.24) is 0 Å². The predicted molar refractivity (Wildman–Crippen MR) is 81.0 cm³/mol. The Kier molecular flexibility index (Phi) is 3.20. The van der Waals surface area contributed by atoms with Gasteiger partial charge in [-0.1, -0.05) is 52.0 Å². The highest BCUT2D eigenvalue weighted by atomic mass is 14.6. The summed E-state index contributed by atoms with van der Waals surface area (Å²) in [5.74, 6) is 0.862. The summed E-state index contributed by atoms with van der Waals surface area (Å²) in [6.07, 6.45) is 0. The molecule has 0 aliphatic carbocycles. The van der Waals surface area contributed by atoms with Crippen LogP contribution in [0.5, 0.6) is 0 Å². The largest absolute Gasteiger partial charge is 0.398 e. The predicted octanol–water partition coefficient (Wildman–Crippen LogP) is 4.25. The van der Waals surface area contributed by atoms with E-state index in [0.717, 1.165) is 22.1 Å². The zero-order valence-electron chi connectivity index (χ0n) is 11.6. The zero-order chi connectivity index (χ0) is 13.4. The minimum Gasteiger partial charge on any atom is -0.398 e. The maximum absolute atomic E-state index is 6.26. The van der Waals surface area contributed by atoms with E-state index in [0.29, 0.717) is 11.8 Å². The van der Waals surface area contributed by atoms with Gasteiger partial charge in [0.05, 0.1) is 0 Å². The molecular weight excluding hydrogens is 220 g/mol. The average Bonchev–Trinajstić information content (AvgIpc) is 2.29. The summed E-state index contributed by atoms with van der Waals surface area (Å²) in [4.78, 5) is 0. The molecule has 0 spiro atoms. The van der Waals surface area contributed by atoms with Gasteiger partial charge in [-0.25, -0.2) is 0 Å². The van der Waals surface area contributed by atoms with Crippen molar-refractivity contribution in [3.63, 3.8) is 0 Å². The van der Waals surface area contributed by atoms with Crippen molar-refractivity contribution in [2.45, 2.75) is 39.5 Å². The van der Waals surface area contributed by atoms with Crippen molar-refractivity contribution < 1.29 is 0 Å². The molecule has 0 fully saturated rings. The van der Waals surface area contributed by atoms with Crippen LogP contribution < -0.4 is 11.5 Å². The monoisotopic (exact) mass is 242 g/mol. The first kappa shape index (κ1) is 12.7. The number of nitrogen functional groups attached to an aromatic ring is 2. The van der Waals surface area contributed by atoms with E-state index in [-0.39, 0.29) is 0 Å². The Morgan fingerprint density at radius 1 is 0.667 bits per heavy atom. The Bertz CT molecular complexity index is 530. The van der Waals surface area contributed by atoms with Gasteiger partial charge < -0.3 is 11.5 Å². The first-order chi connectivity index (χ1) is 8.43. The number of nitrogens with two attached hydrogens (primary N) is 2. The van der Waals surface area contributed by atoms with E-state index >= 15 is 0 Å². The lowest BCUT2D eigenvalue weighted by atomic mass is 9.92. The van der Waals surface area contributed by atoms with Gasteiger partial charge in [0.2, 0.25) is 0 Å². The second-order valence-electron chi connectivity index (χ2n) is 5.54. The molecule has 0 aliphatic rings. The van der Waals surface area contributed by atoms with E-state index in [1.54, 1.807) is 0 Å².